The molecule has 31 heavy (non-hydrogen) atoms. The fraction of sp³-hybridized carbons (Fsp3) is 0.167. The largest absolute Gasteiger partial charge is 0.497 e. The van der Waals surface area contributed by atoms with E-state index in [1.165, 1.54) is 4.90 Å². The number of methoxy groups -OCH3 is 1. The number of benzene rings is 2. The highest BCUT2D eigenvalue weighted by Crippen LogP contribution is 2.19. The molecule has 0 atom stereocenters. The van der Waals surface area contributed by atoms with Crippen LogP contribution < -0.4 is 15.6 Å². The van der Waals surface area contributed by atoms with Crippen LogP contribution in [0.3, 0.4) is 0 Å². The third kappa shape index (κ3) is 4.61. The summed E-state index contributed by atoms with van der Waals surface area (Å²) in [6, 6.07) is 17.9. The molecular weight excluding hydrogens is 394 g/mol. The molecule has 0 aliphatic rings. The highest BCUT2D eigenvalue weighted by Gasteiger charge is 2.18. The molecule has 2 N–H and O–H groups in total. The molecule has 0 aliphatic carbocycles. The molecule has 7 heteroatoms. The average molecular weight is 417 g/mol. The second-order valence-corrected chi connectivity index (χ2v) is 7.26. The van der Waals surface area contributed by atoms with E-state index in [0.717, 1.165) is 16.5 Å². The van der Waals surface area contributed by atoms with Crippen molar-refractivity contribution in [3.63, 3.8) is 0 Å². The number of nitrogens with one attached hydrogen (secondary N) is 2. The van der Waals surface area contributed by atoms with Crippen LogP contribution in [0.2, 0.25) is 0 Å². The molecule has 7 nitrogen and oxygen atoms in total. The summed E-state index contributed by atoms with van der Waals surface area (Å²) in [7, 11) is 1.58. The molecule has 0 saturated carbocycles. The normalized spacial score (nSPS) is 10.8. The van der Waals surface area contributed by atoms with Crippen molar-refractivity contribution in [2.24, 2.45) is 0 Å². The number of carbonyl (C=O) groups excluding carboxylic acids is 1. The van der Waals surface area contributed by atoms with Gasteiger partial charge in [-0.25, -0.2) is 4.79 Å². The standard InChI is InChI=1S/C24H23N3O4/c1-16-5-3-6-17-13-18(23(28)26-22(16)17)14-27(15-21-7-4-12-31-21)24(29)25-19-8-10-20(30-2)11-9-19/h3-13H,14-15H2,1-2H3,(H,25,29)(H,26,28). The molecule has 0 unspecified atom stereocenters. The zero-order valence-electron chi connectivity index (χ0n) is 17.3. The Morgan fingerprint density at radius 1 is 1.10 bits per heavy atom. The van der Waals surface area contributed by atoms with E-state index >= 15 is 0 Å². The van der Waals surface area contributed by atoms with Gasteiger partial charge in [-0.05, 0) is 60.3 Å². The lowest BCUT2D eigenvalue weighted by Crippen LogP contribution is -2.35. The van der Waals surface area contributed by atoms with Gasteiger partial charge in [-0.3, -0.25) is 4.79 Å². The number of hydrogen-bond donors (Lipinski definition) is 2. The van der Waals surface area contributed by atoms with Crippen molar-refractivity contribution < 1.29 is 13.9 Å². The van der Waals surface area contributed by atoms with Crippen LogP contribution in [0.5, 0.6) is 5.75 Å². The van der Waals surface area contributed by atoms with Crippen molar-refractivity contribution in [1.82, 2.24) is 9.88 Å². The van der Waals surface area contributed by atoms with Crippen LogP contribution in [0, 0.1) is 6.92 Å². The van der Waals surface area contributed by atoms with Gasteiger partial charge in [0.25, 0.3) is 5.56 Å². The Labute approximate surface area is 179 Å². The summed E-state index contributed by atoms with van der Waals surface area (Å²) in [5, 5.41) is 3.79. The number of ether oxygens (including phenoxy) is 1. The first-order valence-electron chi connectivity index (χ1n) is 9.87. The maximum absolute atomic E-state index is 13.1. The van der Waals surface area contributed by atoms with Crippen LogP contribution in [0.25, 0.3) is 10.9 Å². The summed E-state index contributed by atoms with van der Waals surface area (Å²) in [5.74, 6) is 1.32. The summed E-state index contributed by atoms with van der Waals surface area (Å²) in [4.78, 5) is 30.3. The monoisotopic (exact) mass is 417 g/mol. The fourth-order valence-corrected chi connectivity index (χ4v) is 3.42. The predicted octanol–water partition coefficient (Wildman–Crippen LogP) is 4.67. The van der Waals surface area contributed by atoms with Gasteiger partial charge in [0.05, 0.1) is 32.0 Å². The highest BCUT2D eigenvalue weighted by atomic mass is 16.5. The molecular formula is C24H23N3O4. The molecule has 0 saturated heterocycles. The molecule has 2 heterocycles. The zero-order chi connectivity index (χ0) is 21.8. The van der Waals surface area contributed by atoms with E-state index in [-0.39, 0.29) is 24.7 Å². The first kappa shape index (κ1) is 20.3. The van der Waals surface area contributed by atoms with Crippen LogP contribution in [0.1, 0.15) is 16.9 Å². The van der Waals surface area contributed by atoms with Crippen LogP contribution >= 0.6 is 0 Å². The minimum absolute atomic E-state index is 0.127. The molecule has 2 aromatic heterocycles. The summed E-state index contributed by atoms with van der Waals surface area (Å²) in [5.41, 5.74) is 2.69. The molecule has 2 amide bonds. The number of pyridine rings is 1. The van der Waals surface area contributed by atoms with Gasteiger partial charge in [0, 0.05) is 11.3 Å². The number of fused-ring (bicyclic) bond motifs is 1. The van der Waals surface area contributed by atoms with E-state index in [0.29, 0.717) is 22.8 Å². The first-order chi connectivity index (χ1) is 15.0. The SMILES string of the molecule is COc1ccc(NC(=O)N(Cc2ccco2)Cc2cc3cccc(C)c3[nH]c2=O)cc1. The summed E-state index contributed by atoms with van der Waals surface area (Å²) < 4.78 is 10.6. The maximum atomic E-state index is 13.1. The smallest absolute Gasteiger partial charge is 0.322 e. The molecule has 4 rings (SSSR count). The number of furan rings is 1. The van der Waals surface area contributed by atoms with Crippen LogP contribution in [-0.4, -0.2) is 23.0 Å². The number of hydrogen-bond acceptors (Lipinski definition) is 4. The summed E-state index contributed by atoms with van der Waals surface area (Å²) in [6.45, 7) is 2.30. The van der Waals surface area contributed by atoms with Crippen molar-refractivity contribution in [2.45, 2.75) is 20.0 Å². The van der Waals surface area contributed by atoms with Crippen molar-refractivity contribution in [3.05, 3.63) is 94.2 Å². The molecule has 0 spiro atoms. The maximum Gasteiger partial charge on any atom is 0.322 e. The van der Waals surface area contributed by atoms with E-state index in [1.807, 2.05) is 31.2 Å². The Bertz CT molecular complexity index is 1240. The van der Waals surface area contributed by atoms with Gasteiger partial charge < -0.3 is 24.4 Å². The van der Waals surface area contributed by atoms with Gasteiger partial charge in [0.2, 0.25) is 0 Å². The zero-order valence-corrected chi connectivity index (χ0v) is 17.3. The van der Waals surface area contributed by atoms with E-state index in [9.17, 15) is 9.59 Å². The first-order valence-corrected chi connectivity index (χ1v) is 9.87. The number of aromatic amines is 1. The lowest BCUT2D eigenvalue weighted by molar-refractivity contribution is 0.201. The van der Waals surface area contributed by atoms with E-state index in [4.69, 9.17) is 9.15 Å². The number of nitrogens with zero attached hydrogens (tertiary/aromatic N) is 1. The topological polar surface area (TPSA) is 87.6 Å². The summed E-state index contributed by atoms with van der Waals surface area (Å²) >= 11 is 0. The fourth-order valence-electron chi connectivity index (χ4n) is 3.42. The molecule has 0 fully saturated rings. The Morgan fingerprint density at radius 2 is 1.90 bits per heavy atom. The molecule has 0 radical (unpaired) electrons. The number of aryl methyl sites for hydroxylation is 1. The Hall–Kier alpha value is -4.00. The van der Waals surface area contributed by atoms with Gasteiger partial charge >= 0.3 is 6.03 Å². The molecule has 158 valence electrons. The second-order valence-electron chi connectivity index (χ2n) is 7.26. The van der Waals surface area contributed by atoms with Crippen molar-refractivity contribution >= 4 is 22.6 Å². The number of rotatable bonds is 6. The molecule has 4 aromatic rings. The van der Waals surface area contributed by atoms with Gasteiger partial charge in [-0.15, -0.1) is 0 Å². The number of H-pyrrole nitrogens is 1. The van der Waals surface area contributed by atoms with E-state index in [2.05, 4.69) is 10.3 Å². The molecule has 2 aromatic carbocycles. The second kappa shape index (κ2) is 8.79. The number of para-hydroxylation sites is 1. The van der Waals surface area contributed by atoms with Gasteiger partial charge in [-0.2, -0.15) is 0 Å². The highest BCUT2D eigenvalue weighted by molar-refractivity contribution is 5.89. The third-order valence-corrected chi connectivity index (χ3v) is 5.08. The van der Waals surface area contributed by atoms with Crippen LogP contribution in [0.4, 0.5) is 10.5 Å². The number of urea groups is 1. The number of anilines is 1. The van der Waals surface area contributed by atoms with Crippen molar-refractivity contribution in [2.75, 3.05) is 12.4 Å². The Kier molecular flexibility index (Phi) is 5.75. The quantitative estimate of drug-likeness (QED) is 0.477. The number of aromatic nitrogens is 1. The third-order valence-electron chi connectivity index (χ3n) is 5.08. The van der Waals surface area contributed by atoms with Crippen LogP contribution in [0.15, 0.2) is 76.1 Å². The number of carbonyl (C=O) groups is 1. The molecule has 0 bridgehead atoms. The van der Waals surface area contributed by atoms with Crippen molar-refractivity contribution in [3.8, 4) is 5.75 Å². The van der Waals surface area contributed by atoms with Gasteiger partial charge in [0.15, 0.2) is 0 Å². The Morgan fingerprint density at radius 3 is 2.61 bits per heavy atom. The minimum Gasteiger partial charge on any atom is -0.497 e. The Balaban J connectivity index is 1.61. The van der Waals surface area contributed by atoms with E-state index in [1.54, 1.807) is 49.8 Å². The van der Waals surface area contributed by atoms with Crippen LogP contribution in [-0.2, 0) is 13.1 Å². The van der Waals surface area contributed by atoms with Gasteiger partial charge in [0.1, 0.15) is 11.5 Å². The van der Waals surface area contributed by atoms with Crippen molar-refractivity contribution in [1.29, 1.82) is 0 Å². The minimum atomic E-state index is -0.342. The molecule has 0 aliphatic heterocycles. The van der Waals surface area contributed by atoms with E-state index < -0.39 is 0 Å². The number of amides is 2. The lowest BCUT2D eigenvalue weighted by atomic mass is 10.1. The average Bonchev–Trinajstić information content (AvgIpc) is 3.28. The van der Waals surface area contributed by atoms with Gasteiger partial charge in [-0.1, -0.05) is 18.2 Å². The lowest BCUT2D eigenvalue weighted by Gasteiger charge is -2.22. The summed E-state index contributed by atoms with van der Waals surface area (Å²) in [6.07, 6.45) is 1.56. The predicted molar refractivity (Wildman–Crippen MR) is 119 cm³/mol.